The number of fused-ring (bicyclic) bond motifs is 1. The molecule has 0 saturated heterocycles. The Bertz CT molecular complexity index is 806. The fraction of sp³-hybridized carbons (Fsp3) is 0.474. The van der Waals surface area contributed by atoms with Crippen LogP contribution < -0.4 is 4.72 Å². The van der Waals surface area contributed by atoms with Gasteiger partial charge in [-0.2, -0.15) is 0 Å². The summed E-state index contributed by atoms with van der Waals surface area (Å²) in [5.74, 6) is 1.85. The Morgan fingerprint density at radius 2 is 1.96 bits per heavy atom. The van der Waals surface area contributed by atoms with Gasteiger partial charge < -0.3 is 4.42 Å². The lowest BCUT2D eigenvalue weighted by atomic mass is 9.75. The van der Waals surface area contributed by atoms with E-state index in [4.69, 9.17) is 4.42 Å². The molecule has 1 atom stereocenters. The van der Waals surface area contributed by atoms with Crippen molar-refractivity contribution in [3.8, 4) is 0 Å². The van der Waals surface area contributed by atoms with Crippen molar-refractivity contribution in [3.63, 3.8) is 0 Å². The quantitative estimate of drug-likeness (QED) is 0.896. The Balaban J connectivity index is 1.74. The summed E-state index contributed by atoms with van der Waals surface area (Å²) in [4.78, 5) is 0. The second-order valence-corrected chi connectivity index (χ2v) is 9.38. The molecular formula is C19H25NO3S. The molecule has 1 aliphatic carbocycles. The average Bonchev–Trinajstić information content (AvgIpc) is 2.85. The van der Waals surface area contributed by atoms with Gasteiger partial charge in [0.1, 0.15) is 11.5 Å². The minimum absolute atomic E-state index is 0.0178. The van der Waals surface area contributed by atoms with Crippen molar-refractivity contribution in [1.29, 1.82) is 0 Å². The molecule has 3 rings (SSSR count). The molecule has 130 valence electrons. The van der Waals surface area contributed by atoms with Crippen molar-refractivity contribution in [3.05, 3.63) is 59.0 Å². The second kappa shape index (κ2) is 6.37. The molecule has 0 unspecified atom stereocenters. The van der Waals surface area contributed by atoms with Crippen molar-refractivity contribution in [2.45, 2.75) is 46.1 Å². The van der Waals surface area contributed by atoms with Gasteiger partial charge in [-0.3, -0.25) is 0 Å². The van der Waals surface area contributed by atoms with Gasteiger partial charge in [0.25, 0.3) is 0 Å². The molecule has 1 aliphatic rings. The van der Waals surface area contributed by atoms with Crippen LogP contribution in [0.15, 0.2) is 40.8 Å². The first kappa shape index (κ1) is 17.2. The molecule has 5 heteroatoms. The number of rotatable bonds is 5. The maximum absolute atomic E-state index is 12.6. The van der Waals surface area contributed by atoms with E-state index in [0.29, 0.717) is 6.42 Å². The highest BCUT2D eigenvalue weighted by Gasteiger charge is 2.36. The molecule has 24 heavy (non-hydrogen) atoms. The Morgan fingerprint density at radius 3 is 2.67 bits per heavy atom. The molecule has 0 fully saturated rings. The maximum atomic E-state index is 12.6. The summed E-state index contributed by atoms with van der Waals surface area (Å²) < 4.78 is 33.8. The molecule has 0 amide bonds. The van der Waals surface area contributed by atoms with Gasteiger partial charge in [-0.15, -0.1) is 0 Å². The van der Waals surface area contributed by atoms with E-state index in [2.05, 4.69) is 18.6 Å². The van der Waals surface area contributed by atoms with Crippen LogP contribution in [0.1, 0.15) is 49.0 Å². The molecule has 1 heterocycles. The normalized spacial score (nSPS) is 19.9. The van der Waals surface area contributed by atoms with Crippen molar-refractivity contribution in [2.24, 2.45) is 5.41 Å². The largest absolute Gasteiger partial charge is 0.466 e. The van der Waals surface area contributed by atoms with Crippen molar-refractivity contribution in [1.82, 2.24) is 4.72 Å². The third kappa shape index (κ3) is 4.08. The summed E-state index contributed by atoms with van der Waals surface area (Å²) in [5, 5.41) is 0. The van der Waals surface area contributed by atoms with Gasteiger partial charge in [-0.1, -0.05) is 44.2 Å². The molecule has 0 radical (unpaired) electrons. The number of sulfonamides is 1. The molecular weight excluding hydrogens is 322 g/mol. The second-order valence-electron chi connectivity index (χ2n) is 7.51. The third-order valence-corrected chi connectivity index (χ3v) is 5.95. The smallest absolute Gasteiger partial charge is 0.212 e. The van der Waals surface area contributed by atoms with E-state index in [1.54, 1.807) is 0 Å². The molecule has 1 N–H and O–H groups in total. The molecule has 0 bridgehead atoms. The van der Waals surface area contributed by atoms with Gasteiger partial charge in [-0.25, -0.2) is 13.1 Å². The minimum Gasteiger partial charge on any atom is -0.466 e. The summed E-state index contributed by atoms with van der Waals surface area (Å²) in [5.41, 5.74) is 2.05. The third-order valence-electron chi connectivity index (χ3n) is 4.56. The lowest BCUT2D eigenvalue weighted by Crippen LogP contribution is -2.37. The highest BCUT2D eigenvalue weighted by molar-refractivity contribution is 7.89. The molecule has 0 saturated carbocycles. The van der Waals surface area contributed by atoms with E-state index in [1.165, 1.54) is 0 Å². The lowest BCUT2D eigenvalue weighted by Gasteiger charge is -2.34. The number of hydrogen-bond donors (Lipinski definition) is 1. The number of hydrogen-bond acceptors (Lipinski definition) is 3. The fourth-order valence-electron chi connectivity index (χ4n) is 3.46. The summed E-state index contributed by atoms with van der Waals surface area (Å²) in [6.07, 6.45) is 2.14. The summed E-state index contributed by atoms with van der Waals surface area (Å²) in [7, 11) is -3.35. The highest BCUT2D eigenvalue weighted by atomic mass is 32.2. The van der Waals surface area contributed by atoms with Crippen molar-refractivity contribution < 1.29 is 12.8 Å². The van der Waals surface area contributed by atoms with Gasteiger partial charge in [0, 0.05) is 12.0 Å². The fourth-order valence-corrected chi connectivity index (χ4v) is 4.73. The Hall–Kier alpha value is -1.59. The number of nitrogens with one attached hydrogen (secondary N) is 1. The van der Waals surface area contributed by atoms with Crippen LogP contribution in [-0.4, -0.2) is 14.2 Å². The van der Waals surface area contributed by atoms with Crippen LogP contribution >= 0.6 is 0 Å². The van der Waals surface area contributed by atoms with Crippen molar-refractivity contribution >= 4 is 10.0 Å². The summed E-state index contributed by atoms with van der Waals surface area (Å²) in [6.45, 7) is 6.21. The van der Waals surface area contributed by atoms with Crippen molar-refractivity contribution in [2.75, 3.05) is 5.75 Å². The standard InChI is InChI=1S/C19H25NO3S/c1-14-11-16-17(12-19(2,3)13-18(16)23-14)20-24(21,22)10-9-15-7-5-4-6-8-15/h4-8,11,17,20H,9-10,12-13H2,1-3H3/t17-/m1/s1. The number of benzene rings is 1. The van der Waals surface area contributed by atoms with Gasteiger partial charge >= 0.3 is 0 Å². The minimum atomic E-state index is -3.35. The molecule has 2 aromatic rings. The first-order chi connectivity index (χ1) is 11.2. The van der Waals surface area contributed by atoms with Gasteiger partial charge in [0.2, 0.25) is 10.0 Å². The topological polar surface area (TPSA) is 59.3 Å². The van der Waals surface area contributed by atoms with Crippen LogP contribution in [0.2, 0.25) is 0 Å². The summed E-state index contributed by atoms with van der Waals surface area (Å²) >= 11 is 0. The zero-order chi connectivity index (χ0) is 17.4. The molecule has 1 aromatic heterocycles. The first-order valence-electron chi connectivity index (χ1n) is 8.37. The van der Waals surface area contributed by atoms with Gasteiger partial charge in [-0.05, 0) is 36.8 Å². The monoisotopic (exact) mass is 347 g/mol. The Labute approximate surface area is 144 Å². The summed E-state index contributed by atoms with van der Waals surface area (Å²) in [6, 6.07) is 11.5. The zero-order valence-electron chi connectivity index (χ0n) is 14.5. The van der Waals surface area contributed by atoms with E-state index in [0.717, 1.165) is 35.5 Å². The van der Waals surface area contributed by atoms with E-state index in [9.17, 15) is 8.42 Å². The Morgan fingerprint density at radius 1 is 1.25 bits per heavy atom. The van der Waals surface area contributed by atoms with Crippen LogP contribution in [-0.2, 0) is 22.9 Å². The molecule has 1 aromatic carbocycles. The van der Waals surface area contributed by atoms with Crippen LogP contribution in [0.5, 0.6) is 0 Å². The van der Waals surface area contributed by atoms with Crippen LogP contribution in [0.4, 0.5) is 0 Å². The van der Waals surface area contributed by atoms with E-state index in [1.807, 2.05) is 43.3 Å². The zero-order valence-corrected chi connectivity index (χ0v) is 15.3. The van der Waals surface area contributed by atoms with Crippen LogP contribution in [0.25, 0.3) is 0 Å². The predicted octanol–water partition coefficient (Wildman–Crippen LogP) is 3.76. The maximum Gasteiger partial charge on any atom is 0.212 e. The number of furan rings is 1. The van der Waals surface area contributed by atoms with E-state index in [-0.39, 0.29) is 17.2 Å². The van der Waals surface area contributed by atoms with Gasteiger partial charge in [0.05, 0.1) is 11.8 Å². The SMILES string of the molecule is Cc1cc2c(o1)CC(C)(C)C[C@H]2NS(=O)(=O)CCc1ccccc1. The lowest BCUT2D eigenvalue weighted by molar-refractivity contribution is 0.247. The highest BCUT2D eigenvalue weighted by Crippen LogP contribution is 2.42. The Kier molecular flexibility index (Phi) is 4.58. The van der Waals surface area contributed by atoms with E-state index < -0.39 is 10.0 Å². The molecule has 0 aliphatic heterocycles. The van der Waals surface area contributed by atoms with E-state index >= 15 is 0 Å². The molecule has 0 spiro atoms. The average molecular weight is 347 g/mol. The predicted molar refractivity (Wildman–Crippen MR) is 95.4 cm³/mol. The molecule has 4 nitrogen and oxygen atoms in total. The van der Waals surface area contributed by atoms with Gasteiger partial charge in [0.15, 0.2) is 0 Å². The number of aryl methyl sites for hydroxylation is 2. The van der Waals surface area contributed by atoms with Crippen LogP contribution in [0.3, 0.4) is 0 Å². The van der Waals surface area contributed by atoms with Crippen LogP contribution in [0, 0.1) is 12.3 Å². The first-order valence-corrected chi connectivity index (χ1v) is 10.0.